The van der Waals surface area contributed by atoms with Gasteiger partial charge in [0.05, 0.1) is 12.4 Å². The van der Waals surface area contributed by atoms with Crippen molar-refractivity contribution in [1.29, 1.82) is 0 Å². The standard InChI is InChI=1S/C16H24N2O/c1-16(2,18-4-3-17-9-18)14-11-5-10-6-12(8-11)15(19)13(14)7-10/h3-4,9-15,19H,5-8H2,1-2H3. The van der Waals surface area contributed by atoms with Crippen LogP contribution >= 0.6 is 0 Å². The topological polar surface area (TPSA) is 38.0 Å². The molecular formula is C16H24N2O. The fourth-order valence-corrected chi connectivity index (χ4v) is 5.75. The molecule has 3 heteroatoms. The average molecular weight is 260 g/mol. The van der Waals surface area contributed by atoms with Crippen LogP contribution in [-0.4, -0.2) is 20.8 Å². The lowest BCUT2D eigenvalue weighted by atomic mass is 9.47. The maximum absolute atomic E-state index is 10.6. The maximum atomic E-state index is 10.6. The summed E-state index contributed by atoms with van der Waals surface area (Å²) in [5.41, 5.74) is 0.0695. The van der Waals surface area contributed by atoms with Gasteiger partial charge in [-0.2, -0.15) is 0 Å². The normalized spacial score (nSPS) is 44.8. The molecule has 4 fully saturated rings. The van der Waals surface area contributed by atoms with Crippen LogP contribution in [0.25, 0.3) is 0 Å². The lowest BCUT2D eigenvalue weighted by Gasteiger charge is -2.60. The highest BCUT2D eigenvalue weighted by Crippen LogP contribution is 2.60. The molecule has 0 amide bonds. The van der Waals surface area contributed by atoms with Crippen molar-refractivity contribution < 1.29 is 5.11 Å². The van der Waals surface area contributed by atoms with Gasteiger partial charge >= 0.3 is 0 Å². The van der Waals surface area contributed by atoms with Crippen LogP contribution in [0, 0.1) is 29.6 Å². The van der Waals surface area contributed by atoms with Crippen LogP contribution in [0.3, 0.4) is 0 Å². The molecule has 1 aromatic heterocycles. The molecule has 0 aromatic carbocycles. The van der Waals surface area contributed by atoms with E-state index in [0.717, 1.165) is 11.8 Å². The van der Waals surface area contributed by atoms with E-state index in [-0.39, 0.29) is 11.6 Å². The number of hydrogen-bond donors (Lipinski definition) is 1. The first kappa shape index (κ1) is 12.0. The van der Waals surface area contributed by atoms with Gasteiger partial charge in [-0.1, -0.05) is 0 Å². The van der Waals surface area contributed by atoms with E-state index in [1.54, 1.807) is 0 Å². The Morgan fingerprint density at radius 2 is 1.95 bits per heavy atom. The highest BCUT2D eigenvalue weighted by atomic mass is 16.3. The number of aromatic nitrogens is 2. The van der Waals surface area contributed by atoms with E-state index in [1.165, 1.54) is 25.7 Å². The number of rotatable bonds is 2. The molecule has 19 heavy (non-hydrogen) atoms. The molecule has 6 atom stereocenters. The Kier molecular flexibility index (Phi) is 2.42. The summed E-state index contributed by atoms with van der Waals surface area (Å²) >= 11 is 0. The van der Waals surface area contributed by atoms with Crippen molar-refractivity contribution >= 4 is 0 Å². The van der Waals surface area contributed by atoms with Gasteiger partial charge < -0.3 is 9.67 Å². The predicted molar refractivity (Wildman–Crippen MR) is 73.5 cm³/mol. The third-order valence-electron chi connectivity index (χ3n) is 6.36. The molecule has 0 radical (unpaired) electrons. The molecule has 1 aromatic rings. The molecule has 0 spiro atoms. The minimum Gasteiger partial charge on any atom is -0.393 e. The second kappa shape index (κ2) is 3.85. The molecule has 4 saturated carbocycles. The molecule has 104 valence electrons. The lowest BCUT2D eigenvalue weighted by molar-refractivity contribution is -0.156. The lowest BCUT2D eigenvalue weighted by Crippen LogP contribution is -2.59. The van der Waals surface area contributed by atoms with Crippen LogP contribution in [0.5, 0.6) is 0 Å². The summed E-state index contributed by atoms with van der Waals surface area (Å²) in [5, 5.41) is 10.6. The Labute approximate surface area is 115 Å². The second-order valence-corrected chi connectivity index (χ2v) is 7.63. The highest BCUT2D eigenvalue weighted by Gasteiger charge is 2.57. The Morgan fingerprint density at radius 3 is 2.68 bits per heavy atom. The molecule has 0 saturated heterocycles. The fraction of sp³-hybridized carbons (Fsp3) is 0.812. The second-order valence-electron chi connectivity index (χ2n) is 7.63. The van der Waals surface area contributed by atoms with Gasteiger partial charge in [-0.25, -0.2) is 4.98 Å². The summed E-state index contributed by atoms with van der Waals surface area (Å²) in [4.78, 5) is 4.22. The molecule has 4 aliphatic rings. The number of nitrogens with zero attached hydrogens (tertiary/aromatic N) is 2. The third-order valence-corrected chi connectivity index (χ3v) is 6.36. The molecule has 5 rings (SSSR count). The van der Waals surface area contributed by atoms with E-state index < -0.39 is 0 Å². The van der Waals surface area contributed by atoms with Gasteiger partial charge in [-0.15, -0.1) is 0 Å². The van der Waals surface area contributed by atoms with E-state index in [9.17, 15) is 5.11 Å². The molecule has 0 aliphatic heterocycles. The first-order valence-electron chi connectivity index (χ1n) is 7.74. The molecule has 4 aliphatic carbocycles. The molecular weight excluding hydrogens is 236 g/mol. The van der Waals surface area contributed by atoms with Crippen molar-refractivity contribution in [1.82, 2.24) is 9.55 Å². The average Bonchev–Trinajstić information content (AvgIpc) is 2.89. The molecule has 1 heterocycles. The molecule has 1 N–H and O–H groups in total. The van der Waals surface area contributed by atoms with Crippen molar-refractivity contribution in [3.05, 3.63) is 18.7 Å². The monoisotopic (exact) mass is 260 g/mol. The van der Waals surface area contributed by atoms with Crippen LogP contribution in [0.15, 0.2) is 18.7 Å². The number of aliphatic hydroxyl groups is 1. The third kappa shape index (κ3) is 1.57. The van der Waals surface area contributed by atoms with Crippen LogP contribution in [0.1, 0.15) is 39.5 Å². The van der Waals surface area contributed by atoms with Crippen molar-refractivity contribution in [2.45, 2.75) is 51.2 Å². The van der Waals surface area contributed by atoms with E-state index >= 15 is 0 Å². The number of imidazole rings is 1. The van der Waals surface area contributed by atoms with Crippen LogP contribution in [0.4, 0.5) is 0 Å². The van der Waals surface area contributed by atoms with Gasteiger partial charge in [0.25, 0.3) is 0 Å². The SMILES string of the molecule is CC(C)(C1C2CC3CC(C2)C(O)C1C3)n1ccnc1. The largest absolute Gasteiger partial charge is 0.393 e. The number of hydrogen-bond acceptors (Lipinski definition) is 2. The van der Waals surface area contributed by atoms with E-state index in [0.29, 0.717) is 17.8 Å². The van der Waals surface area contributed by atoms with Crippen LogP contribution in [-0.2, 0) is 5.54 Å². The fourth-order valence-electron chi connectivity index (χ4n) is 5.75. The zero-order chi connectivity index (χ0) is 13.2. The Morgan fingerprint density at radius 1 is 1.16 bits per heavy atom. The Balaban J connectivity index is 1.71. The molecule has 6 unspecified atom stereocenters. The minimum atomic E-state index is -0.0550. The van der Waals surface area contributed by atoms with Crippen molar-refractivity contribution in [2.75, 3.05) is 0 Å². The van der Waals surface area contributed by atoms with Gasteiger partial charge in [-0.3, -0.25) is 0 Å². The van der Waals surface area contributed by atoms with Gasteiger partial charge in [0.2, 0.25) is 0 Å². The number of aliphatic hydroxyl groups excluding tert-OH is 1. The molecule has 3 nitrogen and oxygen atoms in total. The summed E-state index contributed by atoms with van der Waals surface area (Å²) in [6.07, 6.45) is 11.0. The smallest absolute Gasteiger partial charge is 0.0951 e. The van der Waals surface area contributed by atoms with E-state index in [1.807, 2.05) is 12.5 Å². The quantitative estimate of drug-likeness (QED) is 0.887. The van der Waals surface area contributed by atoms with Crippen molar-refractivity contribution in [3.63, 3.8) is 0 Å². The van der Waals surface area contributed by atoms with Gasteiger partial charge in [-0.05, 0) is 69.1 Å². The highest BCUT2D eigenvalue weighted by molar-refractivity contribution is 5.08. The zero-order valence-corrected chi connectivity index (χ0v) is 11.9. The zero-order valence-electron chi connectivity index (χ0n) is 11.9. The first-order chi connectivity index (χ1) is 9.07. The minimum absolute atomic E-state index is 0.0550. The van der Waals surface area contributed by atoms with Gasteiger partial charge in [0.1, 0.15) is 0 Å². The van der Waals surface area contributed by atoms with E-state index in [2.05, 4.69) is 29.6 Å². The Bertz CT molecular complexity index is 467. The van der Waals surface area contributed by atoms with Crippen molar-refractivity contribution in [2.24, 2.45) is 29.6 Å². The van der Waals surface area contributed by atoms with Crippen LogP contribution < -0.4 is 0 Å². The summed E-state index contributed by atoms with van der Waals surface area (Å²) in [5.74, 6) is 3.41. The van der Waals surface area contributed by atoms with E-state index in [4.69, 9.17) is 0 Å². The van der Waals surface area contributed by atoms with Gasteiger partial charge in [0.15, 0.2) is 0 Å². The summed E-state index contributed by atoms with van der Waals surface area (Å²) in [7, 11) is 0. The van der Waals surface area contributed by atoms with Crippen molar-refractivity contribution in [3.8, 4) is 0 Å². The first-order valence-corrected chi connectivity index (χ1v) is 7.74. The maximum Gasteiger partial charge on any atom is 0.0951 e. The Hall–Kier alpha value is -0.830. The predicted octanol–water partition coefficient (Wildman–Crippen LogP) is 2.66. The summed E-state index contributed by atoms with van der Waals surface area (Å²) in [6.45, 7) is 4.66. The summed E-state index contributed by atoms with van der Waals surface area (Å²) in [6, 6.07) is 0. The molecule has 4 bridgehead atoms. The van der Waals surface area contributed by atoms with Crippen LogP contribution in [0.2, 0.25) is 0 Å². The summed E-state index contributed by atoms with van der Waals surface area (Å²) < 4.78 is 2.26. The van der Waals surface area contributed by atoms with Gasteiger partial charge in [0, 0.05) is 17.9 Å².